The van der Waals surface area contributed by atoms with E-state index in [0.29, 0.717) is 59.8 Å². The number of hydrogen-bond acceptors (Lipinski definition) is 4. The number of hydrogen-bond donors (Lipinski definition) is 2. The third-order valence-electron chi connectivity index (χ3n) is 5.84. The third kappa shape index (κ3) is 6.61. The average molecular weight is 485 g/mol. The van der Waals surface area contributed by atoms with Crippen LogP contribution in [0.4, 0.5) is 4.79 Å². The summed E-state index contributed by atoms with van der Waals surface area (Å²) in [5.41, 5.74) is 1.72. The number of carbonyl (C=O) groups is 1. The van der Waals surface area contributed by atoms with Crippen molar-refractivity contribution in [3.63, 3.8) is 0 Å². The molecule has 3 rings (SSSR count). The molecule has 182 valence electrons. The van der Waals surface area contributed by atoms with Gasteiger partial charge in [-0.1, -0.05) is 48.9 Å². The van der Waals surface area contributed by atoms with Crippen molar-refractivity contribution in [2.75, 3.05) is 19.6 Å². The molecule has 1 atom stereocenters. The normalized spacial score (nSPS) is 12.6. The maximum atomic E-state index is 13.4. The number of amides is 1. The molecule has 0 aliphatic rings. The molecule has 34 heavy (non-hydrogen) atoms. The van der Waals surface area contributed by atoms with E-state index in [9.17, 15) is 14.7 Å². The molecule has 0 radical (unpaired) electrons. The van der Waals surface area contributed by atoms with Crippen molar-refractivity contribution in [2.45, 2.75) is 46.1 Å². The first kappa shape index (κ1) is 25.8. The Bertz CT molecular complexity index is 1180. The molecule has 0 aliphatic heterocycles. The highest BCUT2D eigenvalue weighted by atomic mass is 35.5. The molecular weight excluding hydrogens is 452 g/mol. The van der Waals surface area contributed by atoms with Gasteiger partial charge in [-0.3, -0.25) is 4.79 Å². The summed E-state index contributed by atoms with van der Waals surface area (Å²) in [4.78, 5) is 26.3. The molecule has 2 aromatic carbocycles. The molecule has 3 aromatic rings. The molecule has 0 aliphatic carbocycles. The van der Waals surface area contributed by atoms with Gasteiger partial charge in [-0.2, -0.15) is 0 Å². The first-order valence-electron chi connectivity index (χ1n) is 11.6. The molecule has 0 spiro atoms. The van der Waals surface area contributed by atoms with Crippen molar-refractivity contribution >= 4 is 28.7 Å². The highest BCUT2D eigenvalue weighted by Crippen LogP contribution is 2.23. The topological polar surface area (TPSA) is 82.8 Å². The van der Waals surface area contributed by atoms with Crippen LogP contribution < -0.4 is 10.7 Å². The molecule has 0 bridgehead atoms. The fraction of sp³-hybridized carbons (Fsp3) is 0.407. The summed E-state index contributed by atoms with van der Waals surface area (Å²) in [6.07, 6.45) is 0.148. The quantitative estimate of drug-likeness (QED) is 0.387. The maximum Gasteiger partial charge on any atom is 0.407 e. The second-order valence-electron chi connectivity index (χ2n) is 9.75. The Hall–Kier alpha value is -2.83. The predicted octanol–water partition coefficient (Wildman–Crippen LogP) is 5.58. The third-order valence-corrected chi connectivity index (χ3v) is 6.07. The largest absolute Gasteiger partial charge is 0.465 e. The number of nitrogens with zero attached hydrogens (tertiary/aromatic N) is 1. The zero-order valence-electron chi connectivity index (χ0n) is 20.2. The summed E-state index contributed by atoms with van der Waals surface area (Å²) in [7, 11) is 0. The minimum Gasteiger partial charge on any atom is -0.465 e. The smallest absolute Gasteiger partial charge is 0.407 e. The van der Waals surface area contributed by atoms with Gasteiger partial charge in [0.1, 0.15) is 11.3 Å². The summed E-state index contributed by atoms with van der Waals surface area (Å²) in [5.74, 6) is 0.835. The Kier molecular flexibility index (Phi) is 8.39. The summed E-state index contributed by atoms with van der Waals surface area (Å²) in [6, 6.07) is 15.0. The molecule has 2 N–H and O–H groups in total. The van der Waals surface area contributed by atoms with Gasteiger partial charge in [0.25, 0.3) is 0 Å². The minimum absolute atomic E-state index is 0.0285. The molecule has 6 nitrogen and oxygen atoms in total. The molecule has 7 heteroatoms. The zero-order chi connectivity index (χ0) is 24.9. The van der Waals surface area contributed by atoms with Crippen LogP contribution in [0.5, 0.6) is 0 Å². The van der Waals surface area contributed by atoms with E-state index in [1.807, 2.05) is 51.1 Å². The summed E-state index contributed by atoms with van der Waals surface area (Å²) in [6.45, 7) is 9.33. The number of benzene rings is 2. The monoisotopic (exact) mass is 484 g/mol. The van der Waals surface area contributed by atoms with Crippen LogP contribution in [0.2, 0.25) is 5.02 Å². The lowest BCUT2D eigenvalue weighted by Gasteiger charge is -2.33. The van der Waals surface area contributed by atoms with Gasteiger partial charge in [-0.15, -0.1) is 0 Å². The number of fused-ring (bicyclic) bond motifs is 1. The highest BCUT2D eigenvalue weighted by Gasteiger charge is 2.25. The van der Waals surface area contributed by atoms with Gasteiger partial charge in [0.15, 0.2) is 5.43 Å². The molecule has 1 heterocycles. The number of carboxylic acid groups (broad SMARTS) is 1. The minimum atomic E-state index is -0.926. The Morgan fingerprint density at radius 3 is 2.53 bits per heavy atom. The van der Waals surface area contributed by atoms with Crippen LogP contribution in [0.25, 0.3) is 11.0 Å². The van der Waals surface area contributed by atoms with E-state index in [0.717, 1.165) is 5.56 Å². The SMILES string of the molecule is CC(CNCCN(C(=O)O)C(C)(C)C)Cc1oc2cc(Cl)ccc2c(=O)c1Cc1ccccc1. The van der Waals surface area contributed by atoms with Crippen LogP contribution in [0, 0.1) is 5.92 Å². The summed E-state index contributed by atoms with van der Waals surface area (Å²) >= 11 is 6.15. The van der Waals surface area contributed by atoms with E-state index in [1.54, 1.807) is 18.2 Å². The Balaban J connectivity index is 1.76. The van der Waals surface area contributed by atoms with Gasteiger partial charge < -0.3 is 19.7 Å². The maximum absolute atomic E-state index is 13.4. The van der Waals surface area contributed by atoms with Gasteiger partial charge in [0.05, 0.1) is 5.39 Å². The van der Waals surface area contributed by atoms with Gasteiger partial charge in [-0.05, 0) is 50.9 Å². The van der Waals surface area contributed by atoms with Crippen molar-refractivity contribution in [3.8, 4) is 0 Å². The molecule has 1 aromatic heterocycles. The second kappa shape index (κ2) is 11.1. The molecular formula is C27H33ClN2O4. The first-order valence-corrected chi connectivity index (χ1v) is 11.9. The number of rotatable bonds is 9. The van der Waals surface area contributed by atoms with Crippen molar-refractivity contribution in [1.29, 1.82) is 0 Å². The van der Waals surface area contributed by atoms with Crippen LogP contribution in [0.15, 0.2) is 57.7 Å². The van der Waals surface area contributed by atoms with Crippen LogP contribution >= 0.6 is 11.6 Å². The van der Waals surface area contributed by atoms with Crippen LogP contribution in [-0.2, 0) is 12.8 Å². The zero-order valence-corrected chi connectivity index (χ0v) is 21.0. The van der Waals surface area contributed by atoms with Crippen LogP contribution in [0.3, 0.4) is 0 Å². The lowest BCUT2D eigenvalue weighted by molar-refractivity contribution is 0.101. The van der Waals surface area contributed by atoms with Crippen molar-refractivity contribution < 1.29 is 14.3 Å². The fourth-order valence-electron chi connectivity index (χ4n) is 4.04. The predicted molar refractivity (Wildman–Crippen MR) is 137 cm³/mol. The lowest BCUT2D eigenvalue weighted by Crippen LogP contribution is -2.48. The standard InChI is InChI=1S/C27H33ClN2O4/c1-18(17-29-12-13-30(26(32)33)27(2,3)4)14-23-22(15-19-8-6-5-7-9-19)25(31)21-11-10-20(28)16-24(21)34-23/h5-11,16,18,29H,12-15,17H2,1-4H3,(H,32,33). The summed E-state index contributed by atoms with van der Waals surface area (Å²) in [5, 5.41) is 13.8. The fourth-order valence-corrected chi connectivity index (χ4v) is 4.20. The summed E-state index contributed by atoms with van der Waals surface area (Å²) < 4.78 is 6.22. The van der Waals surface area contributed by atoms with E-state index in [4.69, 9.17) is 16.0 Å². The van der Waals surface area contributed by atoms with Crippen molar-refractivity contribution in [1.82, 2.24) is 10.2 Å². The van der Waals surface area contributed by atoms with E-state index >= 15 is 0 Å². The molecule has 0 saturated heterocycles. The average Bonchev–Trinajstić information content (AvgIpc) is 2.75. The Morgan fingerprint density at radius 2 is 1.88 bits per heavy atom. The van der Waals surface area contributed by atoms with Gasteiger partial charge in [-0.25, -0.2) is 4.79 Å². The second-order valence-corrected chi connectivity index (χ2v) is 10.2. The number of halogens is 1. The Morgan fingerprint density at radius 1 is 1.18 bits per heavy atom. The van der Waals surface area contributed by atoms with Crippen LogP contribution in [0.1, 0.15) is 44.6 Å². The lowest BCUT2D eigenvalue weighted by atomic mass is 9.97. The van der Waals surface area contributed by atoms with E-state index < -0.39 is 11.6 Å². The van der Waals surface area contributed by atoms with E-state index in [1.165, 1.54) is 4.90 Å². The van der Waals surface area contributed by atoms with Gasteiger partial charge in [0, 0.05) is 48.1 Å². The molecule has 1 unspecified atom stereocenters. The highest BCUT2D eigenvalue weighted by molar-refractivity contribution is 6.31. The molecule has 0 saturated carbocycles. The van der Waals surface area contributed by atoms with Crippen LogP contribution in [-0.4, -0.2) is 41.3 Å². The van der Waals surface area contributed by atoms with Gasteiger partial charge in [0.2, 0.25) is 0 Å². The first-order chi connectivity index (χ1) is 16.1. The van der Waals surface area contributed by atoms with Crippen molar-refractivity contribution in [2.24, 2.45) is 5.92 Å². The molecule has 1 amide bonds. The molecule has 0 fully saturated rings. The Labute approximate surface area is 205 Å². The van der Waals surface area contributed by atoms with E-state index in [2.05, 4.69) is 12.2 Å². The number of nitrogens with one attached hydrogen (secondary N) is 1. The van der Waals surface area contributed by atoms with Gasteiger partial charge >= 0.3 is 6.09 Å². The van der Waals surface area contributed by atoms with E-state index in [-0.39, 0.29) is 11.3 Å². The van der Waals surface area contributed by atoms with Crippen molar-refractivity contribution in [3.05, 3.63) is 80.7 Å².